The van der Waals surface area contributed by atoms with Crippen molar-refractivity contribution in [1.82, 2.24) is 0 Å². The van der Waals surface area contributed by atoms with Crippen LogP contribution in [0, 0.1) is 0 Å². The van der Waals surface area contributed by atoms with Gasteiger partial charge in [-0.3, -0.25) is 0 Å². The van der Waals surface area contributed by atoms with Gasteiger partial charge in [-0.05, 0) is 49.3 Å². The molecule has 29 heavy (non-hydrogen) atoms. The van der Waals surface area contributed by atoms with Gasteiger partial charge in [-0.1, -0.05) is 103 Å². The summed E-state index contributed by atoms with van der Waals surface area (Å²) in [4.78, 5) is 0. The fourth-order valence-electron chi connectivity index (χ4n) is 4.21. The van der Waals surface area contributed by atoms with Crippen LogP contribution in [0.1, 0.15) is 0 Å². The van der Waals surface area contributed by atoms with E-state index >= 15 is 0 Å². The Bertz CT molecular complexity index is 1330. The predicted octanol–water partition coefficient (Wildman–Crippen LogP) is 5.01. The van der Waals surface area contributed by atoms with Gasteiger partial charge in [0.25, 0.3) is 0 Å². The number of rotatable bonds is 3. The number of hydrogen-bond donors (Lipinski definition) is 2. The van der Waals surface area contributed by atoms with Gasteiger partial charge in [0.1, 0.15) is 0 Å². The molecule has 5 aromatic rings. The molecule has 0 bridgehead atoms. The topological polar surface area (TPSA) is 40.5 Å². The zero-order valence-electron chi connectivity index (χ0n) is 15.8. The molecule has 0 saturated carbocycles. The molecule has 0 aliphatic heterocycles. The zero-order chi connectivity index (χ0) is 19.8. The van der Waals surface area contributed by atoms with Gasteiger partial charge in [0, 0.05) is 0 Å². The third kappa shape index (κ3) is 3.01. The summed E-state index contributed by atoms with van der Waals surface area (Å²) in [5.41, 5.74) is 4.39. The van der Waals surface area contributed by atoms with E-state index in [1.54, 1.807) is 6.07 Å². The van der Waals surface area contributed by atoms with E-state index in [2.05, 4.69) is 60.7 Å². The lowest BCUT2D eigenvalue weighted by Gasteiger charge is -2.17. The summed E-state index contributed by atoms with van der Waals surface area (Å²) in [6.07, 6.45) is 0. The van der Waals surface area contributed by atoms with Crippen LogP contribution in [0.5, 0.6) is 0 Å². The summed E-state index contributed by atoms with van der Waals surface area (Å²) in [7, 11) is -1.54. The van der Waals surface area contributed by atoms with Crippen LogP contribution in [-0.2, 0) is 0 Å². The van der Waals surface area contributed by atoms with Crippen molar-refractivity contribution in [1.29, 1.82) is 0 Å². The SMILES string of the molecule is OB(O)c1cccc(-c2cccc3c2ccc2ccccc23)c1-c1ccccc1. The molecular formula is C26H19BO2. The van der Waals surface area contributed by atoms with Crippen LogP contribution in [0.2, 0.25) is 0 Å². The largest absolute Gasteiger partial charge is 0.489 e. The highest BCUT2D eigenvalue weighted by Gasteiger charge is 2.21. The molecular weight excluding hydrogens is 355 g/mol. The Hall–Kier alpha value is -3.40. The highest BCUT2D eigenvalue weighted by atomic mass is 16.4. The van der Waals surface area contributed by atoms with E-state index in [0.29, 0.717) is 5.46 Å². The Morgan fingerprint density at radius 3 is 2.00 bits per heavy atom. The molecule has 0 spiro atoms. The van der Waals surface area contributed by atoms with Crippen molar-refractivity contribution in [3.63, 3.8) is 0 Å². The van der Waals surface area contributed by atoms with Crippen LogP contribution in [0.25, 0.3) is 43.8 Å². The minimum atomic E-state index is -1.54. The summed E-state index contributed by atoms with van der Waals surface area (Å²) < 4.78 is 0. The first-order valence-electron chi connectivity index (χ1n) is 9.69. The van der Waals surface area contributed by atoms with E-state index in [9.17, 15) is 10.0 Å². The molecule has 3 heteroatoms. The molecule has 0 radical (unpaired) electrons. The van der Waals surface area contributed by atoms with E-state index in [-0.39, 0.29) is 0 Å². The van der Waals surface area contributed by atoms with Crippen LogP contribution in [0.15, 0.2) is 103 Å². The molecule has 0 aliphatic rings. The molecule has 2 N–H and O–H groups in total. The molecule has 0 unspecified atom stereocenters. The minimum absolute atomic E-state index is 0.506. The van der Waals surface area contributed by atoms with Gasteiger partial charge in [0.15, 0.2) is 0 Å². The first-order chi connectivity index (χ1) is 14.2. The van der Waals surface area contributed by atoms with Crippen LogP contribution in [0.3, 0.4) is 0 Å². The monoisotopic (exact) mass is 374 g/mol. The smallest absolute Gasteiger partial charge is 0.423 e. The lowest BCUT2D eigenvalue weighted by Crippen LogP contribution is -2.31. The molecule has 0 fully saturated rings. The van der Waals surface area contributed by atoms with Crippen molar-refractivity contribution >= 4 is 34.1 Å². The average molecular weight is 374 g/mol. The first-order valence-corrected chi connectivity index (χ1v) is 9.69. The Morgan fingerprint density at radius 2 is 1.17 bits per heavy atom. The summed E-state index contributed by atoms with van der Waals surface area (Å²) >= 11 is 0. The molecule has 0 aliphatic carbocycles. The van der Waals surface area contributed by atoms with Gasteiger partial charge in [-0.2, -0.15) is 0 Å². The van der Waals surface area contributed by atoms with Gasteiger partial charge in [-0.25, -0.2) is 0 Å². The van der Waals surface area contributed by atoms with Crippen molar-refractivity contribution < 1.29 is 10.0 Å². The normalized spacial score (nSPS) is 11.1. The van der Waals surface area contributed by atoms with Crippen LogP contribution in [-0.4, -0.2) is 17.2 Å². The quantitative estimate of drug-likeness (QED) is 0.344. The number of benzene rings is 5. The lowest BCUT2D eigenvalue weighted by molar-refractivity contribution is 0.426. The maximum atomic E-state index is 10.0. The molecule has 2 nitrogen and oxygen atoms in total. The highest BCUT2D eigenvalue weighted by Crippen LogP contribution is 2.37. The Balaban J connectivity index is 1.87. The van der Waals surface area contributed by atoms with Gasteiger partial charge in [-0.15, -0.1) is 0 Å². The van der Waals surface area contributed by atoms with Crippen LogP contribution >= 0.6 is 0 Å². The van der Waals surface area contributed by atoms with E-state index < -0.39 is 7.12 Å². The second-order valence-electron chi connectivity index (χ2n) is 7.20. The molecule has 0 heterocycles. The molecule has 0 saturated heterocycles. The Labute approximate surface area is 169 Å². The lowest BCUT2D eigenvalue weighted by atomic mass is 9.73. The standard InChI is InChI=1S/C26H19BO2/c28-27(29)25-15-7-14-24(26(25)19-9-2-1-3-10-19)22-13-6-12-21-20-11-5-4-8-18(20)16-17-23(21)22/h1-17,28-29H. The summed E-state index contributed by atoms with van der Waals surface area (Å²) in [5.74, 6) is 0. The summed E-state index contributed by atoms with van der Waals surface area (Å²) in [6.45, 7) is 0. The van der Waals surface area contributed by atoms with Crippen LogP contribution < -0.4 is 5.46 Å². The molecule has 5 rings (SSSR count). The first kappa shape index (κ1) is 17.7. The molecule has 0 aromatic heterocycles. The van der Waals surface area contributed by atoms with Gasteiger partial charge in [0.05, 0.1) is 0 Å². The van der Waals surface area contributed by atoms with Gasteiger partial charge >= 0.3 is 7.12 Å². The maximum absolute atomic E-state index is 10.0. The minimum Gasteiger partial charge on any atom is -0.423 e. The third-order valence-electron chi connectivity index (χ3n) is 5.51. The Morgan fingerprint density at radius 1 is 0.483 bits per heavy atom. The summed E-state index contributed by atoms with van der Waals surface area (Å²) in [6, 6.07) is 34.6. The average Bonchev–Trinajstić information content (AvgIpc) is 2.78. The van der Waals surface area contributed by atoms with Crippen molar-refractivity contribution in [3.8, 4) is 22.3 Å². The van der Waals surface area contributed by atoms with Gasteiger partial charge in [0.2, 0.25) is 0 Å². The number of fused-ring (bicyclic) bond motifs is 3. The van der Waals surface area contributed by atoms with Crippen molar-refractivity contribution in [2.24, 2.45) is 0 Å². The van der Waals surface area contributed by atoms with E-state index in [0.717, 1.165) is 27.6 Å². The molecule has 138 valence electrons. The molecule has 5 aromatic carbocycles. The maximum Gasteiger partial charge on any atom is 0.489 e. The van der Waals surface area contributed by atoms with Crippen molar-refractivity contribution in [3.05, 3.63) is 103 Å². The van der Waals surface area contributed by atoms with Crippen molar-refractivity contribution in [2.45, 2.75) is 0 Å². The fraction of sp³-hybridized carbons (Fsp3) is 0. The van der Waals surface area contributed by atoms with Crippen LogP contribution in [0.4, 0.5) is 0 Å². The summed E-state index contributed by atoms with van der Waals surface area (Å²) in [5, 5.41) is 24.9. The molecule has 0 atom stereocenters. The second-order valence-corrected chi connectivity index (χ2v) is 7.20. The molecule has 0 amide bonds. The Kier molecular flexibility index (Phi) is 4.40. The predicted molar refractivity (Wildman–Crippen MR) is 122 cm³/mol. The number of hydrogen-bond acceptors (Lipinski definition) is 2. The zero-order valence-corrected chi connectivity index (χ0v) is 15.8. The highest BCUT2D eigenvalue weighted by molar-refractivity contribution is 6.61. The third-order valence-corrected chi connectivity index (χ3v) is 5.51. The van der Waals surface area contributed by atoms with Crippen molar-refractivity contribution in [2.75, 3.05) is 0 Å². The second kappa shape index (κ2) is 7.21. The fourth-order valence-corrected chi connectivity index (χ4v) is 4.21. The van der Waals surface area contributed by atoms with E-state index in [1.165, 1.54) is 16.2 Å². The van der Waals surface area contributed by atoms with E-state index in [1.807, 2.05) is 36.4 Å². The van der Waals surface area contributed by atoms with Gasteiger partial charge < -0.3 is 10.0 Å². The van der Waals surface area contributed by atoms with E-state index in [4.69, 9.17) is 0 Å².